The van der Waals surface area contributed by atoms with E-state index >= 15 is 0 Å². The lowest BCUT2D eigenvalue weighted by molar-refractivity contribution is -0.126. The molecule has 0 aliphatic carbocycles. The normalized spacial score (nSPS) is 11.8. The van der Waals surface area contributed by atoms with E-state index in [2.05, 4.69) is 10.5 Å². The van der Waals surface area contributed by atoms with Gasteiger partial charge in [0.25, 0.3) is 5.91 Å². The summed E-state index contributed by atoms with van der Waals surface area (Å²) in [6, 6.07) is 7.01. The quantitative estimate of drug-likeness (QED) is 0.527. The molecule has 0 fully saturated rings. The number of nitrogens with one attached hydrogen (secondary N) is 1. The molecule has 0 aliphatic rings. The largest absolute Gasteiger partial charge is 0.493 e. The Kier molecular flexibility index (Phi) is 7.45. The highest BCUT2D eigenvalue weighted by Crippen LogP contribution is 2.37. The second-order valence-electron chi connectivity index (χ2n) is 5.55. The molecule has 7 nitrogen and oxygen atoms in total. The zero-order valence-corrected chi connectivity index (χ0v) is 16.5. The van der Waals surface area contributed by atoms with E-state index < -0.39 is 17.8 Å². The van der Waals surface area contributed by atoms with E-state index in [1.165, 1.54) is 46.6 Å². The topological polar surface area (TPSA) is 78.4 Å². The lowest BCUT2D eigenvalue weighted by atomic mass is 10.2. The number of methoxy groups -OCH3 is 3. The SMILES string of the molecule is COc1cc(/C=N\O[C@H](C)C(=O)Nc2ccc(F)cc2Cl)cc(OC)c1OC. The molecular formula is C19H20ClFN2O5. The average molecular weight is 411 g/mol. The molecule has 1 amide bonds. The van der Waals surface area contributed by atoms with Gasteiger partial charge in [0.2, 0.25) is 11.9 Å². The average Bonchev–Trinajstić information content (AvgIpc) is 2.68. The van der Waals surface area contributed by atoms with E-state index in [-0.39, 0.29) is 10.7 Å². The fourth-order valence-electron chi connectivity index (χ4n) is 2.23. The van der Waals surface area contributed by atoms with Crippen LogP contribution in [-0.4, -0.2) is 39.6 Å². The predicted molar refractivity (Wildman–Crippen MR) is 104 cm³/mol. The Morgan fingerprint density at radius 2 is 1.79 bits per heavy atom. The fraction of sp³-hybridized carbons (Fsp3) is 0.263. The maximum absolute atomic E-state index is 13.1. The molecule has 0 aromatic heterocycles. The number of halogens is 2. The van der Waals surface area contributed by atoms with Crippen molar-refractivity contribution >= 4 is 29.4 Å². The number of carbonyl (C=O) groups excluding carboxylic acids is 1. The van der Waals surface area contributed by atoms with Crippen LogP contribution in [0.1, 0.15) is 12.5 Å². The van der Waals surface area contributed by atoms with Crippen molar-refractivity contribution < 1.29 is 28.2 Å². The van der Waals surface area contributed by atoms with Gasteiger partial charge in [0, 0.05) is 5.56 Å². The van der Waals surface area contributed by atoms with Crippen molar-refractivity contribution in [3.05, 3.63) is 46.7 Å². The second-order valence-corrected chi connectivity index (χ2v) is 5.96. The molecule has 0 saturated carbocycles. The summed E-state index contributed by atoms with van der Waals surface area (Å²) in [7, 11) is 4.51. The van der Waals surface area contributed by atoms with Gasteiger partial charge in [0.05, 0.1) is 38.3 Å². The Bertz CT molecular complexity index is 850. The number of hydrogen-bond acceptors (Lipinski definition) is 6. The molecule has 150 valence electrons. The van der Waals surface area contributed by atoms with Crippen LogP contribution in [0.4, 0.5) is 10.1 Å². The van der Waals surface area contributed by atoms with E-state index in [1.54, 1.807) is 12.1 Å². The Hall–Kier alpha value is -3.00. The first-order chi connectivity index (χ1) is 13.4. The number of rotatable bonds is 8. The van der Waals surface area contributed by atoms with E-state index in [0.29, 0.717) is 22.8 Å². The van der Waals surface area contributed by atoms with Gasteiger partial charge in [-0.2, -0.15) is 0 Å². The third kappa shape index (κ3) is 5.26. The predicted octanol–water partition coefficient (Wildman–Crippen LogP) is 3.88. The van der Waals surface area contributed by atoms with Crippen molar-refractivity contribution in [3.63, 3.8) is 0 Å². The van der Waals surface area contributed by atoms with E-state index in [9.17, 15) is 9.18 Å². The highest BCUT2D eigenvalue weighted by atomic mass is 35.5. The van der Waals surface area contributed by atoms with E-state index in [1.807, 2.05) is 0 Å². The van der Waals surface area contributed by atoms with Crippen molar-refractivity contribution in [2.75, 3.05) is 26.6 Å². The fourth-order valence-corrected chi connectivity index (χ4v) is 2.45. The third-order valence-corrected chi connectivity index (χ3v) is 3.98. The number of hydrogen-bond donors (Lipinski definition) is 1. The van der Waals surface area contributed by atoms with Crippen molar-refractivity contribution in [1.29, 1.82) is 0 Å². The molecule has 0 radical (unpaired) electrons. The molecule has 0 saturated heterocycles. The molecule has 2 rings (SSSR count). The van der Waals surface area contributed by atoms with Crippen molar-refractivity contribution in [2.45, 2.75) is 13.0 Å². The maximum atomic E-state index is 13.1. The van der Waals surface area contributed by atoms with Crippen LogP contribution in [0, 0.1) is 5.82 Å². The standard InChI is InChI=1S/C19H20ClFN2O5/c1-11(19(24)23-15-6-5-13(21)9-14(15)20)28-22-10-12-7-16(25-2)18(27-4)17(8-12)26-3/h5-11H,1-4H3,(H,23,24)/b22-10-/t11-/m1/s1. The van der Waals surface area contributed by atoms with Crippen LogP contribution < -0.4 is 19.5 Å². The molecule has 0 aliphatic heterocycles. The number of nitrogens with zero attached hydrogens (tertiary/aromatic N) is 1. The molecule has 2 aromatic rings. The molecule has 1 N–H and O–H groups in total. The highest BCUT2D eigenvalue weighted by molar-refractivity contribution is 6.33. The number of ether oxygens (including phenoxy) is 3. The first-order valence-corrected chi connectivity index (χ1v) is 8.52. The molecule has 1 atom stereocenters. The van der Waals surface area contributed by atoms with Crippen molar-refractivity contribution in [3.8, 4) is 17.2 Å². The molecule has 9 heteroatoms. The van der Waals surface area contributed by atoms with Crippen LogP contribution in [0.25, 0.3) is 0 Å². The minimum atomic E-state index is -0.917. The summed E-state index contributed by atoms with van der Waals surface area (Å²) in [5.74, 6) is 0.380. The molecular weight excluding hydrogens is 391 g/mol. The second kappa shape index (κ2) is 9.80. The molecule has 0 spiro atoms. The van der Waals surface area contributed by atoms with Gasteiger partial charge in [-0.25, -0.2) is 4.39 Å². The van der Waals surface area contributed by atoms with Crippen LogP contribution in [0.5, 0.6) is 17.2 Å². The Balaban J connectivity index is 2.04. The third-order valence-electron chi connectivity index (χ3n) is 3.67. The lowest BCUT2D eigenvalue weighted by Gasteiger charge is -2.13. The van der Waals surface area contributed by atoms with Gasteiger partial charge in [-0.15, -0.1) is 0 Å². The van der Waals surface area contributed by atoms with Gasteiger partial charge in [0.15, 0.2) is 11.5 Å². The number of amides is 1. The summed E-state index contributed by atoms with van der Waals surface area (Å²) < 4.78 is 28.8. The van der Waals surface area contributed by atoms with E-state index in [0.717, 1.165) is 6.07 Å². The van der Waals surface area contributed by atoms with Gasteiger partial charge in [0.1, 0.15) is 5.82 Å². The zero-order valence-electron chi connectivity index (χ0n) is 15.8. The van der Waals surface area contributed by atoms with Gasteiger partial charge in [-0.1, -0.05) is 16.8 Å². The van der Waals surface area contributed by atoms with Gasteiger partial charge in [-0.3, -0.25) is 4.79 Å². The van der Waals surface area contributed by atoms with Crippen molar-refractivity contribution in [1.82, 2.24) is 0 Å². The van der Waals surface area contributed by atoms with Crippen molar-refractivity contribution in [2.24, 2.45) is 5.16 Å². The first kappa shape index (κ1) is 21.3. The Morgan fingerprint density at radius 3 is 2.32 bits per heavy atom. The maximum Gasteiger partial charge on any atom is 0.268 e. The summed E-state index contributed by atoms with van der Waals surface area (Å²) >= 11 is 5.89. The van der Waals surface area contributed by atoms with Crippen LogP contribution in [-0.2, 0) is 9.63 Å². The number of oxime groups is 1. The highest BCUT2D eigenvalue weighted by Gasteiger charge is 2.16. The van der Waals surface area contributed by atoms with Crippen LogP contribution in [0.2, 0.25) is 5.02 Å². The van der Waals surface area contributed by atoms with Gasteiger partial charge >= 0.3 is 0 Å². The Morgan fingerprint density at radius 1 is 1.14 bits per heavy atom. The van der Waals surface area contributed by atoms with Gasteiger partial charge < -0.3 is 24.4 Å². The number of carbonyl (C=O) groups is 1. The zero-order chi connectivity index (χ0) is 20.7. The summed E-state index contributed by atoms with van der Waals surface area (Å²) in [5, 5.41) is 6.45. The molecule has 28 heavy (non-hydrogen) atoms. The molecule has 0 unspecified atom stereocenters. The molecule has 0 bridgehead atoms. The number of benzene rings is 2. The van der Waals surface area contributed by atoms with Crippen LogP contribution in [0.3, 0.4) is 0 Å². The van der Waals surface area contributed by atoms with E-state index in [4.69, 9.17) is 30.6 Å². The van der Waals surface area contributed by atoms with Crippen LogP contribution in [0.15, 0.2) is 35.5 Å². The number of anilines is 1. The summed E-state index contributed by atoms with van der Waals surface area (Å²) in [4.78, 5) is 17.3. The summed E-state index contributed by atoms with van der Waals surface area (Å²) in [6.07, 6.45) is 0.485. The molecule has 2 aromatic carbocycles. The minimum Gasteiger partial charge on any atom is -0.493 e. The lowest BCUT2D eigenvalue weighted by Crippen LogP contribution is -2.26. The van der Waals surface area contributed by atoms with Gasteiger partial charge in [-0.05, 0) is 37.3 Å². The summed E-state index contributed by atoms with van der Waals surface area (Å²) in [5.41, 5.74) is 0.890. The first-order valence-electron chi connectivity index (χ1n) is 8.14. The summed E-state index contributed by atoms with van der Waals surface area (Å²) in [6.45, 7) is 1.51. The minimum absolute atomic E-state index is 0.0847. The smallest absolute Gasteiger partial charge is 0.268 e. The Labute approximate surface area is 167 Å². The molecule has 0 heterocycles. The van der Waals surface area contributed by atoms with Crippen LogP contribution >= 0.6 is 11.6 Å². The monoisotopic (exact) mass is 410 g/mol.